The molecule has 2 amide bonds. The third kappa shape index (κ3) is 3.81. The second-order valence-electron chi connectivity index (χ2n) is 6.12. The van der Waals surface area contributed by atoms with Crippen LogP contribution in [-0.2, 0) is 19.6 Å². The fourth-order valence-electron chi connectivity index (χ4n) is 2.91. The molecule has 3 rings (SSSR count). The van der Waals surface area contributed by atoms with E-state index in [-0.39, 0.29) is 36.2 Å². The molecule has 0 unspecified atom stereocenters. The van der Waals surface area contributed by atoms with E-state index in [0.29, 0.717) is 29.7 Å². The van der Waals surface area contributed by atoms with Crippen LogP contribution in [0.5, 0.6) is 0 Å². The highest BCUT2D eigenvalue weighted by molar-refractivity contribution is 9.10. The summed E-state index contributed by atoms with van der Waals surface area (Å²) in [5.41, 5.74) is 0.343. The lowest BCUT2D eigenvalue weighted by atomic mass is 10.1. The van der Waals surface area contributed by atoms with Crippen LogP contribution in [0.1, 0.15) is 12.8 Å². The van der Waals surface area contributed by atoms with Crippen molar-refractivity contribution in [3.8, 4) is 0 Å². The Balaban J connectivity index is 1.67. The number of hydrogen-bond donors (Lipinski definition) is 0. The molecule has 2 aliphatic heterocycles. The first-order chi connectivity index (χ1) is 12.3. The molecule has 1 fully saturated rings. The Bertz CT molecular complexity index is 863. The molecule has 0 aliphatic carbocycles. The van der Waals surface area contributed by atoms with E-state index in [9.17, 15) is 18.0 Å². The topological polar surface area (TPSA) is 90.4 Å². The molecule has 0 saturated carbocycles. The van der Waals surface area contributed by atoms with Gasteiger partial charge in [-0.05, 0) is 18.2 Å². The fourth-order valence-corrected chi connectivity index (χ4v) is 4.93. The number of benzene rings is 1. The molecule has 1 saturated heterocycles. The van der Waals surface area contributed by atoms with Gasteiger partial charge in [0.15, 0.2) is 0 Å². The zero-order valence-electron chi connectivity index (χ0n) is 14.3. The summed E-state index contributed by atoms with van der Waals surface area (Å²) in [7, 11) is -2.07. The van der Waals surface area contributed by atoms with Gasteiger partial charge in [-0.25, -0.2) is 13.4 Å². The third-order valence-electron chi connectivity index (χ3n) is 4.41. The monoisotopic (exact) mass is 442 g/mol. The predicted molar refractivity (Wildman–Crippen MR) is 98.9 cm³/mol. The summed E-state index contributed by atoms with van der Waals surface area (Å²) in [5.74, 6) is -0.352. The summed E-state index contributed by atoms with van der Waals surface area (Å²) in [6, 6.07) is 6.57. The predicted octanol–water partition coefficient (Wildman–Crippen LogP) is 0.890. The molecule has 140 valence electrons. The van der Waals surface area contributed by atoms with Gasteiger partial charge in [0.2, 0.25) is 15.9 Å². The van der Waals surface area contributed by atoms with E-state index in [4.69, 9.17) is 0 Å². The van der Waals surface area contributed by atoms with Gasteiger partial charge in [0.1, 0.15) is 5.71 Å². The maximum Gasteiger partial charge on any atom is 0.270 e. The number of hydrazone groups is 1. The zero-order chi connectivity index (χ0) is 18.9. The van der Waals surface area contributed by atoms with E-state index in [2.05, 4.69) is 21.0 Å². The number of sulfonamides is 1. The highest BCUT2D eigenvalue weighted by atomic mass is 79.9. The van der Waals surface area contributed by atoms with E-state index in [1.54, 1.807) is 29.2 Å². The van der Waals surface area contributed by atoms with Crippen LogP contribution >= 0.6 is 15.9 Å². The Labute approximate surface area is 160 Å². The molecular weight excluding hydrogens is 424 g/mol. The van der Waals surface area contributed by atoms with Gasteiger partial charge in [0, 0.05) is 50.5 Å². The number of piperazine rings is 1. The molecule has 2 heterocycles. The maximum absolute atomic E-state index is 12.7. The first-order valence-corrected chi connectivity index (χ1v) is 10.4. The van der Waals surface area contributed by atoms with Crippen molar-refractivity contribution in [2.24, 2.45) is 5.10 Å². The maximum atomic E-state index is 12.7. The van der Waals surface area contributed by atoms with Crippen molar-refractivity contribution in [3.63, 3.8) is 0 Å². The van der Waals surface area contributed by atoms with E-state index < -0.39 is 10.0 Å². The van der Waals surface area contributed by atoms with Crippen molar-refractivity contribution in [1.82, 2.24) is 14.2 Å². The summed E-state index contributed by atoms with van der Waals surface area (Å²) in [6.07, 6.45) is 0.580. The Hall–Kier alpha value is -1.78. The number of carbonyl (C=O) groups is 2. The summed E-state index contributed by atoms with van der Waals surface area (Å²) >= 11 is 3.28. The Kier molecular flexibility index (Phi) is 5.44. The van der Waals surface area contributed by atoms with Crippen LogP contribution in [0.3, 0.4) is 0 Å². The van der Waals surface area contributed by atoms with Crippen LogP contribution < -0.4 is 0 Å². The van der Waals surface area contributed by atoms with Gasteiger partial charge in [-0.2, -0.15) is 9.41 Å². The highest BCUT2D eigenvalue weighted by Gasteiger charge is 2.32. The van der Waals surface area contributed by atoms with Gasteiger partial charge in [0.05, 0.1) is 4.90 Å². The first kappa shape index (κ1) is 19.0. The quantitative estimate of drug-likeness (QED) is 0.694. The van der Waals surface area contributed by atoms with Crippen molar-refractivity contribution >= 4 is 43.5 Å². The largest absolute Gasteiger partial charge is 0.335 e. The van der Waals surface area contributed by atoms with E-state index in [1.807, 2.05) is 0 Å². The van der Waals surface area contributed by atoms with E-state index in [1.165, 1.54) is 16.4 Å². The molecule has 0 N–H and O–H groups in total. The average Bonchev–Trinajstić information content (AvgIpc) is 2.63. The Morgan fingerprint density at radius 3 is 2.46 bits per heavy atom. The molecule has 1 aromatic rings. The first-order valence-electron chi connectivity index (χ1n) is 8.18. The molecule has 2 aliphatic rings. The van der Waals surface area contributed by atoms with Crippen LogP contribution in [0.25, 0.3) is 0 Å². The molecule has 10 heteroatoms. The summed E-state index contributed by atoms with van der Waals surface area (Å²) in [5, 5.41) is 5.22. The standard InChI is InChI=1S/C16H19BrN4O4S/c1-19-15(22)6-5-14(18-19)16(23)20-7-9-21(10-8-20)26(24,25)13-4-2-3-12(17)11-13/h2-4,11H,5-10H2,1H3. The second-order valence-corrected chi connectivity index (χ2v) is 8.97. The number of nitrogens with zero attached hydrogens (tertiary/aromatic N) is 4. The molecule has 0 spiro atoms. The van der Waals surface area contributed by atoms with Crippen LogP contribution in [0, 0.1) is 0 Å². The lowest BCUT2D eigenvalue weighted by Gasteiger charge is -2.34. The van der Waals surface area contributed by atoms with Crippen molar-refractivity contribution < 1.29 is 18.0 Å². The molecule has 0 radical (unpaired) electrons. The minimum absolute atomic E-state index is 0.119. The summed E-state index contributed by atoms with van der Waals surface area (Å²) in [4.78, 5) is 25.8. The smallest absolute Gasteiger partial charge is 0.270 e. The van der Waals surface area contributed by atoms with E-state index in [0.717, 1.165) is 0 Å². The molecule has 0 bridgehead atoms. The Morgan fingerprint density at radius 2 is 1.85 bits per heavy atom. The summed E-state index contributed by atoms with van der Waals surface area (Å²) < 4.78 is 27.5. The minimum Gasteiger partial charge on any atom is -0.335 e. The average molecular weight is 443 g/mol. The van der Waals surface area contributed by atoms with Crippen LogP contribution in [-0.4, -0.2) is 73.4 Å². The number of carbonyl (C=O) groups excluding carboxylic acids is 2. The molecule has 8 nitrogen and oxygen atoms in total. The van der Waals surface area contributed by atoms with Gasteiger partial charge >= 0.3 is 0 Å². The number of amides is 2. The lowest BCUT2D eigenvalue weighted by Crippen LogP contribution is -2.52. The fraction of sp³-hybridized carbons (Fsp3) is 0.438. The van der Waals surface area contributed by atoms with Crippen LogP contribution in [0.15, 0.2) is 38.7 Å². The Morgan fingerprint density at radius 1 is 1.15 bits per heavy atom. The van der Waals surface area contributed by atoms with Gasteiger partial charge < -0.3 is 4.90 Å². The summed E-state index contributed by atoms with van der Waals surface area (Å²) in [6.45, 7) is 1.04. The van der Waals surface area contributed by atoms with Crippen molar-refractivity contribution in [2.45, 2.75) is 17.7 Å². The molecule has 0 atom stereocenters. The number of halogens is 1. The highest BCUT2D eigenvalue weighted by Crippen LogP contribution is 2.21. The number of rotatable bonds is 3. The zero-order valence-corrected chi connectivity index (χ0v) is 16.7. The van der Waals surface area contributed by atoms with Crippen LogP contribution in [0.2, 0.25) is 0 Å². The second kappa shape index (κ2) is 7.45. The molecule has 1 aromatic carbocycles. The molecular formula is C16H19BrN4O4S. The van der Waals surface area contributed by atoms with E-state index >= 15 is 0 Å². The van der Waals surface area contributed by atoms with Crippen molar-refractivity contribution in [3.05, 3.63) is 28.7 Å². The van der Waals surface area contributed by atoms with Crippen molar-refractivity contribution in [2.75, 3.05) is 33.2 Å². The third-order valence-corrected chi connectivity index (χ3v) is 6.80. The molecule has 26 heavy (non-hydrogen) atoms. The SMILES string of the molecule is CN1N=C(C(=O)N2CCN(S(=O)(=O)c3cccc(Br)c3)CC2)CCC1=O. The lowest BCUT2D eigenvalue weighted by molar-refractivity contribution is -0.130. The van der Waals surface area contributed by atoms with Crippen LogP contribution in [0.4, 0.5) is 0 Å². The van der Waals surface area contributed by atoms with Crippen molar-refractivity contribution in [1.29, 1.82) is 0 Å². The minimum atomic E-state index is -3.59. The number of hydrogen-bond acceptors (Lipinski definition) is 5. The normalized spacial score (nSPS) is 19.5. The molecule has 0 aromatic heterocycles. The van der Waals surface area contributed by atoms with Gasteiger partial charge in [-0.15, -0.1) is 0 Å². The van der Waals surface area contributed by atoms with Gasteiger partial charge in [-0.3, -0.25) is 9.59 Å². The van der Waals surface area contributed by atoms with Gasteiger partial charge in [0.25, 0.3) is 5.91 Å². The van der Waals surface area contributed by atoms with Gasteiger partial charge in [-0.1, -0.05) is 22.0 Å².